The van der Waals surface area contributed by atoms with Crippen molar-refractivity contribution in [1.29, 1.82) is 0 Å². The first-order valence-corrected chi connectivity index (χ1v) is 6.74. The molecule has 0 bridgehead atoms. The smallest absolute Gasteiger partial charge is 0.319 e. The lowest BCUT2D eigenvalue weighted by Gasteiger charge is -2.24. The average Bonchev–Trinajstić information content (AvgIpc) is 2.99. The summed E-state index contributed by atoms with van der Waals surface area (Å²) in [6.45, 7) is 3.75. The Morgan fingerprint density at radius 3 is 2.50 bits per heavy atom. The number of rotatable bonds is 4. The molecule has 4 N–H and O–H groups in total. The average molecular weight is 280 g/mol. The first-order valence-electron chi connectivity index (χ1n) is 6.74. The first-order chi connectivity index (χ1) is 9.44. The Balaban J connectivity index is 1.94. The molecule has 0 unspecified atom stereocenters. The normalized spacial score (nSPS) is 16.9. The SMILES string of the molecule is Cc1n[nH]c(C)c1NC(=O)NCC1(C(=O)O)CCCC1. The Morgan fingerprint density at radius 1 is 1.35 bits per heavy atom. The highest BCUT2D eigenvalue weighted by Gasteiger charge is 2.41. The van der Waals surface area contributed by atoms with Crippen LogP contribution in [-0.4, -0.2) is 33.8 Å². The van der Waals surface area contributed by atoms with E-state index in [1.807, 2.05) is 6.92 Å². The number of aromatic amines is 1. The van der Waals surface area contributed by atoms with Gasteiger partial charge in [-0.3, -0.25) is 9.89 Å². The number of carbonyl (C=O) groups excluding carboxylic acids is 1. The van der Waals surface area contributed by atoms with E-state index in [0.29, 0.717) is 24.2 Å². The largest absolute Gasteiger partial charge is 0.481 e. The summed E-state index contributed by atoms with van der Waals surface area (Å²) >= 11 is 0. The molecule has 0 saturated heterocycles. The molecule has 0 atom stereocenters. The molecular weight excluding hydrogens is 260 g/mol. The summed E-state index contributed by atoms with van der Waals surface area (Å²) in [7, 11) is 0. The molecule has 1 aliphatic carbocycles. The summed E-state index contributed by atoms with van der Waals surface area (Å²) in [6.07, 6.45) is 3.03. The van der Waals surface area contributed by atoms with E-state index in [9.17, 15) is 14.7 Å². The fraction of sp³-hybridized carbons (Fsp3) is 0.615. The summed E-state index contributed by atoms with van der Waals surface area (Å²) in [4.78, 5) is 23.3. The van der Waals surface area contributed by atoms with Crippen molar-refractivity contribution in [2.24, 2.45) is 5.41 Å². The number of nitrogens with zero attached hydrogens (tertiary/aromatic N) is 1. The van der Waals surface area contributed by atoms with Gasteiger partial charge in [0, 0.05) is 6.54 Å². The molecule has 1 fully saturated rings. The van der Waals surface area contributed by atoms with Crippen LogP contribution in [0, 0.1) is 19.3 Å². The molecule has 1 aromatic heterocycles. The molecule has 110 valence electrons. The minimum atomic E-state index is -0.828. The van der Waals surface area contributed by atoms with E-state index in [1.165, 1.54) is 0 Å². The van der Waals surface area contributed by atoms with Gasteiger partial charge in [-0.15, -0.1) is 0 Å². The number of aromatic nitrogens is 2. The van der Waals surface area contributed by atoms with Crippen LogP contribution in [-0.2, 0) is 4.79 Å². The molecule has 0 radical (unpaired) electrons. The summed E-state index contributed by atoms with van der Waals surface area (Å²) in [5.41, 5.74) is 1.30. The lowest BCUT2D eigenvalue weighted by molar-refractivity contribution is -0.148. The third-order valence-electron chi connectivity index (χ3n) is 3.97. The van der Waals surface area contributed by atoms with Crippen LogP contribution in [0.15, 0.2) is 0 Å². The van der Waals surface area contributed by atoms with Gasteiger partial charge in [0.2, 0.25) is 0 Å². The van der Waals surface area contributed by atoms with Crippen LogP contribution in [0.5, 0.6) is 0 Å². The molecule has 20 heavy (non-hydrogen) atoms. The van der Waals surface area contributed by atoms with Crippen LogP contribution in [0.3, 0.4) is 0 Å². The number of hydrogen-bond acceptors (Lipinski definition) is 3. The molecule has 1 saturated carbocycles. The topological polar surface area (TPSA) is 107 Å². The second kappa shape index (κ2) is 5.52. The molecule has 0 aliphatic heterocycles. The zero-order valence-corrected chi connectivity index (χ0v) is 11.7. The quantitative estimate of drug-likeness (QED) is 0.674. The number of H-pyrrole nitrogens is 1. The van der Waals surface area contributed by atoms with Crippen molar-refractivity contribution in [2.45, 2.75) is 39.5 Å². The molecule has 2 rings (SSSR count). The summed E-state index contributed by atoms with van der Waals surface area (Å²) < 4.78 is 0. The summed E-state index contributed by atoms with van der Waals surface area (Å²) in [5, 5.41) is 21.5. The number of nitrogens with one attached hydrogen (secondary N) is 3. The number of carboxylic acids is 1. The van der Waals surface area contributed by atoms with Gasteiger partial charge in [0.1, 0.15) is 0 Å². The predicted molar refractivity (Wildman–Crippen MR) is 73.6 cm³/mol. The molecular formula is C13H20N4O3. The highest BCUT2D eigenvalue weighted by Crippen LogP contribution is 2.37. The monoisotopic (exact) mass is 280 g/mol. The lowest BCUT2D eigenvalue weighted by atomic mass is 9.86. The van der Waals surface area contributed by atoms with Crippen molar-refractivity contribution in [3.63, 3.8) is 0 Å². The highest BCUT2D eigenvalue weighted by molar-refractivity contribution is 5.91. The van der Waals surface area contributed by atoms with E-state index < -0.39 is 17.4 Å². The predicted octanol–water partition coefficient (Wildman–Crippen LogP) is 1.79. The van der Waals surface area contributed by atoms with Crippen molar-refractivity contribution in [2.75, 3.05) is 11.9 Å². The minimum Gasteiger partial charge on any atom is -0.481 e. The van der Waals surface area contributed by atoms with Gasteiger partial charge in [0.25, 0.3) is 0 Å². The summed E-state index contributed by atoms with van der Waals surface area (Å²) in [6, 6.07) is -0.398. The Bertz CT molecular complexity index is 498. The third kappa shape index (κ3) is 2.76. The van der Waals surface area contributed by atoms with E-state index in [0.717, 1.165) is 18.5 Å². The zero-order valence-electron chi connectivity index (χ0n) is 11.7. The molecule has 0 aromatic carbocycles. The number of amides is 2. The van der Waals surface area contributed by atoms with Gasteiger partial charge >= 0.3 is 12.0 Å². The number of anilines is 1. The Kier molecular flexibility index (Phi) is 3.96. The van der Waals surface area contributed by atoms with Gasteiger partial charge in [-0.1, -0.05) is 12.8 Å². The van der Waals surface area contributed by atoms with Gasteiger partial charge in [0.05, 0.1) is 22.5 Å². The van der Waals surface area contributed by atoms with Crippen LogP contribution in [0.25, 0.3) is 0 Å². The fourth-order valence-electron chi connectivity index (χ4n) is 2.66. The molecule has 7 heteroatoms. The van der Waals surface area contributed by atoms with Crippen molar-refractivity contribution in [3.8, 4) is 0 Å². The fourth-order valence-corrected chi connectivity index (χ4v) is 2.66. The van der Waals surface area contributed by atoms with E-state index in [4.69, 9.17) is 0 Å². The van der Waals surface area contributed by atoms with Crippen LogP contribution >= 0.6 is 0 Å². The molecule has 7 nitrogen and oxygen atoms in total. The second-order valence-electron chi connectivity index (χ2n) is 5.41. The number of hydrogen-bond donors (Lipinski definition) is 4. The van der Waals surface area contributed by atoms with Crippen LogP contribution in [0.2, 0.25) is 0 Å². The van der Waals surface area contributed by atoms with Crippen molar-refractivity contribution in [3.05, 3.63) is 11.4 Å². The Hall–Kier alpha value is -2.05. The van der Waals surface area contributed by atoms with Gasteiger partial charge in [-0.05, 0) is 26.7 Å². The molecule has 1 aliphatic rings. The van der Waals surface area contributed by atoms with Crippen LogP contribution < -0.4 is 10.6 Å². The van der Waals surface area contributed by atoms with E-state index >= 15 is 0 Å². The van der Waals surface area contributed by atoms with Gasteiger partial charge in [-0.2, -0.15) is 5.10 Å². The number of carbonyl (C=O) groups is 2. The van der Waals surface area contributed by atoms with Crippen molar-refractivity contribution >= 4 is 17.7 Å². The number of aryl methyl sites for hydroxylation is 2. The first kappa shape index (κ1) is 14.4. The standard InChI is InChI=1S/C13H20N4O3/c1-8-10(9(2)17-16-8)15-12(20)14-7-13(11(18)19)5-3-4-6-13/h3-7H2,1-2H3,(H,16,17)(H,18,19)(H2,14,15,20). The number of urea groups is 1. The Morgan fingerprint density at radius 2 is 2.00 bits per heavy atom. The van der Waals surface area contributed by atoms with Crippen molar-refractivity contribution < 1.29 is 14.7 Å². The minimum absolute atomic E-state index is 0.157. The van der Waals surface area contributed by atoms with Crippen molar-refractivity contribution in [1.82, 2.24) is 15.5 Å². The van der Waals surface area contributed by atoms with Gasteiger partial charge < -0.3 is 15.7 Å². The van der Waals surface area contributed by atoms with Crippen LogP contribution in [0.1, 0.15) is 37.1 Å². The summed E-state index contributed by atoms with van der Waals surface area (Å²) in [5.74, 6) is -0.828. The van der Waals surface area contributed by atoms with E-state index in [1.54, 1.807) is 6.92 Å². The number of carboxylic acid groups (broad SMARTS) is 1. The van der Waals surface area contributed by atoms with Gasteiger partial charge in [-0.25, -0.2) is 4.79 Å². The highest BCUT2D eigenvalue weighted by atomic mass is 16.4. The van der Waals surface area contributed by atoms with Crippen LogP contribution in [0.4, 0.5) is 10.5 Å². The maximum atomic E-state index is 11.9. The van der Waals surface area contributed by atoms with E-state index in [-0.39, 0.29) is 6.54 Å². The van der Waals surface area contributed by atoms with E-state index in [2.05, 4.69) is 20.8 Å². The van der Waals surface area contributed by atoms with Gasteiger partial charge in [0.15, 0.2) is 0 Å². The molecule has 1 heterocycles. The molecule has 2 amide bonds. The Labute approximate surface area is 117 Å². The molecule has 0 spiro atoms. The third-order valence-corrected chi connectivity index (χ3v) is 3.97. The number of aliphatic carboxylic acids is 1. The maximum Gasteiger partial charge on any atom is 0.319 e. The lowest BCUT2D eigenvalue weighted by Crippen LogP contribution is -2.42. The zero-order chi connectivity index (χ0) is 14.8. The molecule has 1 aromatic rings. The second-order valence-corrected chi connectivity index (χ2v) is 5.41. The maximum absolute atomic E-state index is 11.9.